The number of hydrogen-bond donors (Lipinski definition) is 1. The zero-order chi connectivity index (χ0) is 17.1. The molecule has 2 amide bonds. The molecule has 1 aromatic heterocycles. The predicted molar refractivity (Wildman–Crippen MR) is 88.0 cm³/mol. The molecule has 5 nitrogen and oxygen atoms in total. The van der Waals surface area contributed by atoms with Crippen molar-refractivity contribution in [2.45, 2.75) is 25.8 Å². The Morgan fingerprint density at radius 1 is 1.25 bits per heavy atom. The number of nitrogens with zero attached hydrogens (tertiary/aromatic N) is 2. The highest BCUT2D eigenvalue weighted by Gasteiger charge is 2.31. The third kappa shape index (κ3) is 3.27. The summed E-state index contributed by atoms with van der Waals surface area (Å²) >= 11 is 0. The molecule has 6 heteroatoms. The van der Waals surface area contributed by atoms with E-state index >= 15 is 0 Å². The summed E-state index contributed by atoms with van der Waals surface area (Å²) in [5.74, 6) is -1.22. The summed E-state index contributed by atoms with van der Waals surface area (Å²) in [7, 11) is 0. The Hall–Kier alpha value is -2.76. The quantitative estimate of drug-likeness (QED) is 0.942. The molecular formula is C18H18FN3O2. The van der Waals surface area contributed by atoms with Crippen molar-refractivity contribution in [1.29, 1.82) is 0 Å². The summed E-state index contributed by atoms with van der Waals surface area (Å²) in [6, 6.07) is 7.71. The Morgan fingerprint density at radius 3 is 2.71 bits per heavy atom. The van der Waals surface area contributed by atoms with E-state index < -0.39 is 5.82 Å². The maximum atomic E-state index is 14.2. The second-order valence-corrected chi connectivity index (χ2v) is 5.81. The molecule has 2 heterocycles. The van der Waals surface area contributed by atoms with Gasteiger partial charge in [0.15, 0.2) is 0 Å². The van der Waals surface area contributed by atoms with Gasteiger partial charge < -0.3 is 10.2 Å². The molecule has 0 radical (unpaired) electrons. The number of carbonyl (C=O) groups excluding carboxylic acids is 2. The fourth-order valence-electron chi connectivity index (χ4n) is 3.07. The van der Waals surface area contributed by atoms with Crippen LogP contribution >= 0.6 is 0 Å². The molecule has 0 unspecified atom stereocenters. The number of rotatable bonds is 3. The van der Waals surface area contributed by atoms with Gasteiger partial charge in [-0.3, -0.25) is 14.6 Å². The molecule has 124 valence electrons. The number of likely N-dealkylation sites (tertiary alicyclic amines) is 1. The predicted octanol–water partition coefficient (Wildman–Crippen LogP) is 3.16. The van der Waals surface area contributed by atoms with Gasteiger partial charge in [-0.15, -0.1) is 0 Å². The molecule has 2 aromatic rings. The lowest BCUT2D eigenvalue weighted by molar-refractivity contribution is -0.114. The van der Waals surface area contributed by atoms with Gasteiger partial charge in [0, 0.05) is 31.5 Å². The fraction of sp³-hybridized carbons (Fsp3) is 0.278. The monoisotopic (exact) mass is 327 g/mol. The van der Waals surface area contributed by atoms with E-state index in [2.05, 4.69) is 10.3 Å². The topological polar surface area (TPSA) is 62.3 Å². The Morgan fingerprint density at radius 2 is 2.00 bits per heavy atom. The average Bonchev–Trinajstić information content (AvgIpc) is 3.06. The number of benzene rings is 1. The standard InChI is InChI=1S/C18H18FN3O2/c1-12(23)21-14-4-5-16(19)15(11-14)18(24)22-10-2-3-17(22)13-6-8-20-9-7-13/h4-9,11,17H,2-3,10H2,1H3,(H,21,23)/t17-/m1/s1. The fourth-order valence-corrected chi connectivity index (χ4v) is 3.07. The first-order chi connectivity index (χ1) is 11.6. The Balaban J connectivity index is 1.89. The van der Waals surface area contributed by atoms with Gasteiger partial charge in [-0.05, 0) is 48.7 Å². The van der Waals surface area contributed by atoms with E-state index in [9.17, 15) is 14.0 Å². The first kappa shape index (κ1) is 16.1. The third-order valence-corrected chi connectivity index (χ3v) is 4.12. The number of anilines is 1. The lowest BCUT2D eigenvalue weighted by Crippen LogP contribution is -2.31. The lowest BCUT2D eigenvalue weighted by Gasteiger charge is -2.25. The molecule has 0 spiro atoms. The normalized spacial score (nSPS) is 16.9. The molecule has 0 aliphatic carbocycles. The number of aromatic nitrogens is 1. The van der Waals surface area contributed by atoms with E-state index in [0.29, 0.717) is 12.2 Å². The Kier molecular flexibility index (Phi) is 4.55. The summed E-state index contributed by atoms with van der Waals surface area (Å²) in [5, 5.41) is 2.58. The maximum Gasteiger partial charge on any atom is 0.257 e. The van der Waals surface area contributed by atoms with E-state index in [-0.39, 0.29) is 23.4 Å². The van der Waals surface area contributed by atoms with Crippen molar-refractivity contribution in [3.05, 3.63) is 59.7 Å². The SMILES string of the molecule is CC(=O)Nc1ccc(F)c(C(=O)N2CCC[C@@H]2c2ccncc2)c1. The van der Waals surface area contributed by atoms with Crippen molar-refractivity contribution in [1.82, 2.24) is 9.88 Å². The summed E-state index contributed by atoms with van der Waals surface area (Å²) in [5.41, 5.74) is 1.38. The van der Waals surface area contributed by atoms with Gasteiger partial charge in [-0.1, -0.05) is 0 Å². The van der Waals surface area contributed by atoms with Crippen molar-refractivity contribution in [2.24, 2.45) is 0 Å². The van der Waals surface area contributed by atoms with Crippen LogP contribution in [0.15, 0.2) is 42.7 Å². The summed E-state index contributed by atoms with van der Waals surface area (Å²) < 4.78 is 14.2. The summed E-state index contributed by atoms with van der Waals surface area (Å²) in [6.07, 6.45) is 5.08. The van der Waals surface area contributed by atoms with Gasteiger partial charge in [-0.2, -0.15) is 0 Å². The van der Waals surface area contributed by atoms with Crippen LogP contribution in [-0.2, 0) is 4.79 Å². The average molecular weight is 327 g/mol. The van der Waals surface area contributed by atoms with E-state index in [1.165, 1.54) is 25.1 Å². The van der Waals surface area contributed by atoms with Crippen LogP contribution in [0.3, 0.4) is 0 Å². The van der Waals surface area contributed by atoms with Crippen LogP contribution in [0.25, 0.3) is 0 Å². The molecule has 3 rings (SSSR count). The van der Waals surface area contributed by atoms with Crippen molar-refractivity contribution >= 4 is 17.5 Å². The number of amides is 2. The highest BCUT2D eigenvalue weighted by molar-refractivity contribution is 5.97. The highest BCUT2D eigenvalue weighted by Crippen LogP contribution is 2.33. The Labute approximate surface area is 139 Å². The minimum atomic E-state index is -0.588. The van der Waals surface area contributed by atoms with Crippen LogP contribution in [0, 0.1) is 5.82 Å². The molecule has 1 fully saturated rings. The number of halogens is 1. The molecule has 1 aliphatic rings. The molecule has 1 N–H and O–H groups in total. The smallest absolute Gasteiger partial charge is 0.257 e. The van der Waals surface area contributed by atoms with Crippen LogP contribution < -0.4 is 5.32 Å². The molecule has 1 aliphatic heterocycles. The number of nitrogens with one attached hydrogen (secondary N) is 1. The van der Waals surface area contributed by atoms with Crippen LogP contribution in [0.2, 0.25) is 0 Å². The van der Waals surface area contributed by atoms with E-state index in [1.54, 1.807) is 17.3 Å². The first-order valence-electron chi connectivity index (χ1n) is 7.84. The number of hydrogen-bond acceptors (Lipinski definition) is 3. The number of carbonyl (C=O) groups is 2. The van der Waals surface area contributed by atoms with E-state index in [1.807, 2.05) is 12.1 Å². The van der Waals surface area contributed by atoms with Gasteiger partial charge in [0.1, 0.15) is 5.82 Å². The molecule has 1 aromatic carbocycles. The summed E-state index contributed by atoms with van der Waals surface area (Å²) in [4.78, 5) is 29.7. The molecule has 1 atom stereocenters. The van der Waals surface area contributed by atoms with Crippen LogP contribution in [-0.4, -0.2) is 28.2 Å². The largest absolute Gasteiger partial charge is 0.332 e. The Bertz CT molecular complexity index is 764. The van der Waals surface area contributed by atoms with Crippen LogP contribution in [0.5, 0.6) is 0 Å². The second kappa shape index (κ2) is 6.78. The van der Waals surface area contributed by atoms with Crippen molar-refractivity contribution in [3.63, 3.8) is 0 Å². The zero-order valence-corrected chi connectivity index (χ0v) is 13.3. The van der Waals surface area contributed by atoms with Crippen LogP contribution in [0.1, 0.15) is 41.7 Å². The lowest BCUT2D eigenvalue weighted by atomic mass is 10.1. The second-order valence-electron chi connectivity index (χ2n) is 5.81. The third-order valence-electron chi connectivity index (χ3n) is 4.12. The molecule has 24 heavy (non-hydrogen) atoms. The van der Waals surface area contributed by atoms with Crippen molar-refractivity contribution in [3.8, 4) is 0 Å². The highest BCUT2D eigenvalue weighted by atomic mass is 19.1. The van der Waals surface area contributed by atoms with Crippen molar-refractivity contribution in [2.75, 3.05) is 11.9 Å². The van der Waals surface area contributed by atoms with Gasteiger partial charge in [0.25, 0.3) is 5.91 Å². The minimum absolute atomic E-state index is 0.0257. The van der Waals surface area contributed by atoms with Crippen LogP contribution in [0.4, 0.5) is 10.1 Å². The summed E-state index contributed by atoms with van der Waals surface area (Å²) in [6.45, 7) is 1.94. The first-order valence-corrected chi connectivity index (χ1v) is 7.84. The minimum Gasteiger partial charge on any atom is -0.332 e. The molecule has 0 bridgehead atoms. The van der Waals surface area contributed by atoms with E-state index in [4.69, 9.17) is 0 Å². The van der Waals surface area contributed by atoms with Crippen molar-refractivity contribution < 1.29 is 14.0 Å². The van der Waals surface area contributed by atoms with Gasteiger partial charge in [0.05, 0.1) is 11.6 Å². The van der Waals surface area contributed by atoms with E-state index in [0.717, 1.165) is 18.4 Å². The van der Waals surface area contributed by atoms with Gasteiger partial charge in [-0.25, -0.2) is 4.39 Å². The number of pyridine rings is 1. The zero-order valence-electron chi connectivity index (χ0n) is 13.3. The van der Waals surface area contributed by atoms with Gasteiger partial charge in [0.2, 0.25) is 5.91 Å². The molecule has 1 saturated heterocycles. The van der Waals surface area contributed by atoms with Gasteiger partial charge >= 0.3 is 0 Å². The molecular weight excluding hydrogens is 309 g/mol. The molecule has 0 saturated carbocycles. The maximum absolute atomic E-state index is 14.2.